The molecule has 2 fully saturated rings. The minimum atomic E-state index is 0.182. The van der Waals surface area contributed by atoms with E-state index in [9.17, 15) is 9.59 Å². The summed E-state index contributed by atoms with van der Waals surface area (Å²) in [6.07, 6.45) is 5.97. The Hall–Kier alpha value is -1.10. The van der Waals surface area contributed by atoms with Crippen molar-refractivity contribution < 1.29 is 9.59 Å². The second kappa shape index (κ2) is 7.62. The van der Waals surface area contributed by atoms with Gasteiger partial charge >= 0.3 is 0 Å². The zero-order valence-electron chi connectivity index (χ0n) is 12.6. The summed E-state index contributed by atoms with van der Waals surface area (Å²) in [5, 5.41) is 3.10. The summed E-state index contributed by atoms with van der Waals surface area (Å²) >= 11 is 0. The molecule has 0 aromatic heterocycles. The van der Waals surface area contributed by atoms with Crippen LogP contribution in [0.4, 0.5) is 0 Å². The molecule has 5 heteroatoms. The second-order valence-electron chi connectivity index (χ2n) is 5.86. The summed E-state index contributed by atoms with van der Waals surface area (Å²) in [5.41, 5.74) is 0. The van der Waals surface area contributed by atoms with Gasteiger partial charge in [0.25, 0.3) is 0 Å². The molecule has 2 aliphatic heterocycles. The van der Waals surface area contributed by atoms with Crippen LogP contribution >= 0.6 is 0 Å². The third kappa shape index (κ3) is 3.95. The SMILES string of the molecule is CCCCCC(=O)N1CCCC(N2CCNCC2=O)C1. The van der Waals surface area contributed by atoms with E-state index in [4.69, 9.17) is 0 Å². The van der Waals surface area contributed by atoms with E-state index in [-0.39, 0.29) is 17.9 Å². The first-order valence-corrected chi connectivity index (χ1v) is 8.00. The van der Waals surface area contributed by atoms with Gasteiger partial charge in [0.2, 0.25) is 11.8 Å². The van der Waals surface area contributed by atoms with E-state index in [1.54, 1.807) is 0 Å². The average Bonchev–Trinajstić information content (AvgIpc) is 2.48. The number of likely N-dealkylation sites (tertiary alicyclic amines) is 1. The minimum Gasteiger partial charge on any atom is -0.341 e. The Morgan fingerprint density at radius 2 is 2.20 bits per heavy atom. The highest BCUT2D eigenvalue weighted by atomic mass is 16.2. The lowest BCUT2D eigenvalue weighted by molar-refractivity contribution is -0.140. The Bertz CT molecular complexity index is 346. The van der Waals surface area contributed by atoms with Crippen LogP contribution in [0.15, 0.2) is 0 Å². The molecule has 0 aromatic rings. The van der Waals surface area contributed by atoms with Crippen molar-refractivity contribution in [2.75, 3.05) is 32.7 Å². The number of nitrogens with one attached hydrogen (secondary N) is 1. The zero-order chi connectivity index (χ0) is 14.4. The van der Waals surface area contributed by atoms with Gasteiger partial charge in [0.05, 0.1) is 6.54 Å². The van der Waals surface area contributed by atoms with Gasteiger partial charge in [0, 0.05) is 38.6 Å². The van der Waals surface area contributed by atoms with Crippen LogP contribution in [0.5, 0.6) is 0 Å². The third-order valence-electron chi connectivity index (χ3n) is 4.31. The van der Waals surface area contributed by atoms with Gasteiger partial charge in [-0.05, 0) is 19.3 Å². The normalized spacial score (nSPS) is 24.1. The number of nitrogens with zero attached hydrogens (tertiary/aromatic N) is 2. The average molecular weight is 281 g/mol. The van der Waals surface area contributed by atoms with Gasteiger partial charge in [-0.3, -0.25) is 9.59 Å². The summed E-state index contributed by atoms with van der Waals surface area (Å²) in [6.45, 7) is 5.84. The van der Waals surface area contributed by atoms with Crippen LogP contribution in [0.25, 0.3) is 0 Å². The fourth-order valence-corrected chi connectivity index (χ4v) is 3.13. The second-order valence-corrected chi connectivity index (χ2v) is 5.86. The highest BCUT2D eigenvalue weighted by Crippen LogP contribution is 2.18. The van der Waals surface area contributed by atoms with E-state index in [0.29, 0.717) is 13.0 Å². The molecule has 1 N–H and O–H groups in total. The van der Waals surface area contributed by atoms with Crippen molar-refractivity contribution in [1.29, 1.82) is 0 Å². The fraction of sp³-hybridized carbons (Fsp3) is 0.867. The van der Waals surface area contributed by atoms with Crippen LogP contribution in [-0.4, -0.2) is 60.4 Å². The summed E-state index contributed by atoms with van der Waals surface area (Å²) in [5.74, 6) is 0.451. The number of amides is 2. The molecule has 1 atom stereocenters. The molecule has 2 aliphatic rings. The largest absolute Gasteiger partial charge is 0.341 e. The Balaban J connectivity index is 1.84. The van der Waals surface area contributed by atoms with Crippen molar-refractivity contribution in [3.63, 3.8) is 0 Å². The number of hydrogen-bond acceptors (Lipinski definition) is 3. The van der Waals surface area contributed by atoms with Crippen LogP contribution in [0, 0.1) is 0 Å². The van der Waals surface area contributed by atoms with Crippen LogP contribution < -0.4 is 5.32 Å². The molecule has 114 valence electrons. The van der Waals surface area contributed by atoms with E-state index in [0.717, 1.165) is 58.3 Å². The van der Waals surface area contributed by atoms with Gasteiger partial charge in [-0.2, -0.15) is 0 Å². The van der Waals surface area contributed by atoms with Gasteiger partial charge < -0.3 is 15.1 Å². The topological polar surface area (TPSA) is 52.7 Å². The zero-order valence-corrected chi connectivity index (χ0v) is 12.6. The summed E-state index contributed by atoms with van der Waals surface area (Å²) in [6, 6.07) is 0.230. The Morgan fingerprint density at radius 3 is 2.95 bits per heavy atom. The molecule has 0 radical (unpaired) electrons. The quantitative estimate of drug-likeness (QED) is 0.765. The van der Waals surface area contributed by atoms with Gasteiger partial charge in [0.1, 0.15) is 0 Å². The molecule has 0 aromatic carbocycles. The first-order chi connectivity index (χ1) is 9.72. The first-order valence-electron chi connectivity index (χ1n) is 8.00. The number of unbranched alkanes of at least 4 members (excludes halogenated alkanes) is 2. The van der Waals surface area contributed by atoms with E-state index >= 15 is 0 Å². The maximum atomic E-state index is 12.2. The Labute approximate surface area is 121 Å². The van der Waals surface area contributed by atoms with Gasteiger partial charge in [-0.15, -0.1) is 0 Å². The highest BCUT2D eigenvalue weighted by Gasteiger charge is 2.31. The maximum Gasteiger partial charge on any atom is 0.236 e. The molecule has 20 heavy (non-hydrogen) atoms. The summed E-state index contributed by atoms with van der Waals surface area (Å²) in [4.78, 5) is 28.1. The number of carbonyl (C=O) groups excluding carboxylic acids is 2. The first kappa shape index (κ1) is 15.3. The molecule has 0 aliphatic carbocycles. The standard InChI is InChI=1S/C15H27N3O2/c1-2-3-4-7-14(19)17-9-5-6-13(12-17)18-10-8-16-11-15(18)20/h13,16H,2-12H2,1H3. The molecular weight excluding hydrogens is 254 g/mol. The summed E-state index contributed by atoms with van der Waals surface area (Å²) < 4.78 is 0. The van der Waals surface area contributed by atoms with Crippen LogP contribution in [0.2, 0.25) is 0 Å². The molecule has 2 heterocycles. The van der Waals surface area contributed by atoms with Crippen molar-refractivity contribution >= 4 is 11.8 Å². The van der Waals surface area contributed by atoms with Crippen molar-refractivity contribution in [1.82, 2.24) is 15.1 Å². The smallest absolute Gasteiger partial charge is 0.236 e. The predicted octanol–water partition coefficient (Wildman–Crippen LogP) is 0.989. The number of hydrogen-bond donors (Lipinski definition) is 1. The van der Waals surface area contributed by atoms with Gasteiger partial charge in [0.15, 0.2) is 0 Å². The lowest BCUT2D eigenvalue weighted by Gasteiger charge is -2.41. The Morgan fingerprint density at radius 1 is 1.35 bits per heavy atom. The molecular formula is C15H27N3O2. The fourth-order valence-electron chi connectivity index (χ4n) is 3.13. The van der Waals surface area contributed by atoms with Gasteiger partial charge in [-0.1, -0.05) is 19.8 Å². The third-order valence-corrected chi connectivity index (χ3v) is 4.31. The highest BCUT2D eigenvalue weighted by molar-refractivity contribution is 5.80. The number of piperidine rings is 1. The summed E-state index contributed by atoms with van der Waals surface area (Å²) in [7, 11) is 0. The number of piperazine rings is 1. The van der Waals surface area contributed by atoms with Crippen LogP contribution in [0.1, 0.15) is 45.4 Å². The van der Waals surface area contributed by atoms with E-state index < -0.39 is 0 Å². The lowest BCUT2D eigenvalue weighted by atomic mass is 10.0. The molecule has 0 bridgehead atoms. The van der Waals surface area contributed by atoms with Crippen molar-refractivity contribution in [2.45, 2.75) is 51.5 Å². The lowest BCUT2D eigenvalue weighted by Crippen LogP contribution is -2.57. The van der Waals surface area contributed by atoms with E-state index in [1.165, 1.54) is 0 Å². The monoisotopic (exact) mass is 281 g/mol. The number of carbonyl (C=O) groups is 2. The van der Waals surface area contributed by atoms with Crippen molar-refractivity contribution in [3.8, 4) is 0 Å². The molecule has 0 saturated carbocycles. The van der Waals surface area contributed by atoms with Crippen molar-refractivity contribution in [2.24, 2.45) is 0 Å². The molecule has 5 nitrogen and oxygen atoms in total. The minimum absolute atomic E-state index is 0.182. The molecule has 2 rings (SSSR count). The molecule has 2 saturated heterocycles. The molecule has 0 spiro atoms. The van der Waals surface area contributed by atoms with Gasteiger partial charge in [-0.25, -0.2) is 0 Å². The molecule has 1 unspecified atom stereocenters. The van der Waals surface area contributed by atoms with E-state index in [1.807, 2.05) is 9.80 Å². The Kier molecular flexibility index (Phi) is 5.83. The van der Waals surface area contributed by atoms with Crippen LogP contribution in [0.3, 0.4) is 0 Å². The molecule has 2 amide bonds. The predicted molar refractivity (Wildman–Crippen MR) is 78.3 cm³/mol. The van der Waals surface area contributed by atoms with E-state index in [2.05, 4.69) is 12.2 Å². The number of rotatable bonds is 5. The van der Waals surface area contributed by atoms with Crippen molar-refractivity contribution in [3.05, 3.63) is 0 Å². The maximum absolute atomic E-state index is 12.2. The van der Waals surface area contributed by atoms with Crippen LogP contribution in [-0.2, 0) is 9.59 Å².